The minimum Gasteiger partial charge on any atom is -0.406 e. The molecule has 0 aliphatic carbocycles. The number of likely N-dealkylation sites (N-methyl/N-ethyl adjacent to an activating group) is 1. The topological polar surface area (TPSA) is 150 Å². The molecule has 2 fully saturated rings. The number of nitrogens with zero attached hydrogens (tertiary/aromatic N) is 7. The zero-order valence-corrected chi connectivity index (χ0v) is 37.8. The molecule has 2 aromatic heterocycles. The van der Waals surface area contributed by atoms with Crippen molar-refractivity contribution in [3.8, 4) is 11.5 Å². The van der Waals surface area contributed by atoms with E-state index < -0.39 is 12.7 Å². The van der Waals surface area contributed by atoms with E-state index in [-0.39, 0.29) is 36.2 Å². The van der Waals surface area contributed by atoms with E-state index in [2.05, 4.69) is 57.1 Å². The lowest BCUT2D eigenvalue weighted by molar-refractivity contribution is -0.275. The van der Waals surface area contributed by atoms with Crippen molar-refractivity contribution in [2.45, 2.75) is 58.7 Å². The largest absolute Gasteiger partial charge is 0.573 e. The van der Waals surface area contributed by atoms with Gasteiger partial charge in [0.25, 0.3) is 0 Å². The number of halogens is 6. The summed E-state index contributed by atoms with van der Waals surface area (Å²) < 4.78 is 81.3. The highest BCUT2D eigenvalue weighted by Gasteiger charge is 2.32. The Kier molecular flexibility index (Phi) is 15.8. The SMILES string of the molecule is Cc1nc(N2CCCN(C)CC2)nc2ccc(NC(=O)CCc3ccc(OC(F)(F)F)cc3)cc12.Cc1nc(N2CCNCC2)nc2ccc(NC(=O)CCc3ccc(OC(F)(F)F)cc3)cc12. The van der Waals surface area contributed by atoms with E-state index in [9.17, 15) is 35.9 Å². The van der Waals surface area contributed by atoms with Crippen LogP contribution in [0.4, 0.5) is 49.6 Å². The molecule has 14 nitrogen and oxygen atoms in total. The fourth-order valence-electron chi connectivity index (χ4n) is 7.76. The quantitative estimate of drug-likeness (QED) is 0.101. The molecule has 2 saturated heterocycles. The van der Waals surface area contributed by atoms with Crippen LogP contribution >= 0.6 is 0 Å². The van der Waals surface area contributed by atoms with Gasteiger partial charge in [0.1, 0.15) is 11.5 Å². The first-order valence-corrected chi connectivity index (χ1v) is 22.2. The lowest BCUT2D eigenvalue weighted by Crippen LogP contribution is -2.44. The summed E-state index contributed by atoms with van der Waals surface area (Å²) in [5, 5.41) is 10.8. The number of anilines is 4. The van der Waals surface area contributed by atoms with Gasteiger partial charge in [-0.05, 0) is 118 Å². The van der Waals surface area contributed by atoms with Crippen molar-refractivity contribution in [2.24, 2.45) is 0 Å². The van der Waals surface area contributed by atoms with Gasteiger partial charge in [0, 0.05) is 80.8 Å². The van der Waals surface area contributed by atoms with Crippen LogP contribution in [-0.2, 0) is 22.4 Å². The first-order valence-electron chi connectivity index (χ1n) is 22.2. The first-order chi connectivity index (χ1) is 32.4. The number of aryl methyl sites for hydroxylation is 4. The number of benzene rings is 4. The normalized spacial score (nSPS) is 14.8. The van der Waals surface area contributed by atoms with Gasteiger partial charge in [0.2, 0.25) is 23.7 Å². The molecule has 68 heavy (non-hydrogen) atoms. The molecular weight excluding hydrogens is 895 g/mol. The summed E-state index contributed by atoms with van der Waals surface area (Å²) in [4.78, 5) is 50.3. The first kappa shape index (κ1) is 49.1. The van der Waals surface area contributed by atoms with Gasteiger partial charge < -0.3 is 40.1 Å². The molecule has 6 aromatic rings. The van der Waals surface area contributed by atoms with Crippen molar-refractivity contribution in [3.63, 3.8) is 0 Å². The number of ether oxygens (including phenoxy) is 2. The molecule has 0 saturated carbocycles. The molecular formula is C48H52F6N10O4. The van der Waals surface area contributed by atoms with E-state index in [0.717, 1.165) is 109 Å². The van der Waals surface area contributed by atoms with Crippen molar-refractivity contribution in [3.05, 3.63) is 107 Å². The number of rotatable bonds is 12. The van der Waals surface area contributed by atoms with Gasteiger partial charge in [-0.3, -0.25) is 9.59 Å². The monoisotopic (exact) mass is 946 g/mol. The Morgan fingerprint density at radius 2 is 1.03 bits per heavy atom. The van der Waals surface area contributed by atoms with Crippen molar-refractivity contribution < 1.29 is 45.4 Å². The third kappa shape index (κ3) is 14.4. The molecule has 2 aliphatic rings. The van der Waals surface area contributed by atoms with Crippen molar-refractivity contribution in [1.82, 2.24) is 30.2 Å². The second kappa shape index (κ2) is 21.9. The van der Waals surface area contributed by atoms with Crippen molar-refractivity contribution in [1.29, 1.82) is 0 Å². The number of alkyl halides is 6. The number of carbonyl (C=O) groups excluding carboxylic acids is 2. The Morgan fingerprint density at radius 3 is 1.47 bits per heavy atom. The minimum absolute atomic E-state index is 0.189. The number of hydrogen-bond acceptors (Lipinski definition) is 12. The highest BCUT2D eigenvalue weighted by atomic mass is 19.4. The number of fused-ring (bicyclic) bond motifs is 2. The summed E-state index contributed by atoms with van der Waals surface area (Å²) in [5.41, 5.74) is 6.09. The van der Waals surface area contributed by atoms with Crippen LogP contribution in [0.1, 0.15) is 41.8 Å². The van der Waals surface area contributed by atoms with Crippen LogP contribution in [-0.4, -0.2) is 109 Å². The summed E-state index contributed by atoms with van der Waals surface area (Å²) in [5.74, 6) is 0.485. The van der Waals surface area contributed by atoms with Crippen LogP contribution in [0.2, 0.25) is 0 Å². The number of amides is 2. The average Bonchev–Trinajstić information content (AvgIpc) is 3.52. The lowest BCUT2D eigenvalue weighted by atomic mass is 10.1. The molecule has 4 aromatic carbocycles. The number of nitrogens with one attached hydrogen (secondary N) is 3. The summed E-state index contributed by atoms with van der Waals surface area (Å²) in [6.07, 6.45) is -7.23. The molecule has 0 radical (unpaired) electrons. The summed E-state index contributed by atoms with van der Waals surface area (Å²) in [6.45, 7) is 11.2. The summed E-state index contributed by atoms with van der Waals surface area (Å²) in [6, 6.07) is 22.1. The van der Waals surface area contributed by atoms with Crippen LogP contribution < -0.4 is 35.2 Å². The highest BCUT2D eigenvalue weighted by Crippen LogP contribution is 2.27. The van der Waals surface area contributed by atoms with E-state index in [4.69, 9.17) is 9.97 Å². The summed E-state index contributed by atoms with van der Waals surface area (Å²) >= 11 is 0. The lowest BCUT2D eigenvalue weighted by Gasteiger charge is -2.27. The number of carbonyl (C=O) groups is 2. The van der Waals surface area contributed by atoms with Gasteiger partial charge in [-0.15, -0.1) is 26.3 Å². The van der Waals surface area contributed by atoms with E-state index in [0.29, 0.717) is 30.2 Å². The third-order valence-electron chi connectivity index (χ3n) is 11.3. The fourth-order valence-corrected chi connectivity index (χ4v) is 7.76. The zero-order valence-electron chi connectivity index (χ0n) is 37.8. The maximum absolute atomic E-state index is 12.5. The second-order valence-corrected chi connectivity index (χ2v) is 16.5. The molecule has 0 unspecified atom stereocenters. The molecule has 2 amide bonds. The molecule has 8 rings (SSSR count). The van der Waals surface area contributed by atoms with Crippen molar-refractivity contribution >= 4 is 56.9 Å². The van der Waals surface area contributed by atoms with E-state index in [1.54, 1.807) is 6.07 Å². The molecule has 3 N–H and O–H groups in total. The van der Waals surface area contributed by atoms with E-state index in [1.807, 2.05) is 44.2 Å². The Hall–Kier alpha value is -6.80. The number of aromatic nitrogens is 4. The molecule has 4 heterocycles. The maximum Gasteiger partial charge on any atom is 0.573 e. The van der Waals surface area contributed by atoms with Crippen LogP contribution in [0.25, 0.3) is 21.8 Å². The predicted molar refractivity (Wildman–Crippen MR) is 248 cm³/mol. The fraction of sp³-hybridized carbons (Fsp3) is 0.375. The van der Waals surface area contributed by atoms with Crippen LogP contribution in [0, 0.1) is 13.8 Å². The molecule has 0 atom stereocenters. The Balaban J connectivity index is 0.000000202. The Morgan fingerprint density at radius 1 is 0.588 bits per heavy atom. The van der Waals surface area contributed by atoms with E-state index >= 15 is 0 Å². The van der Waals surface area contributed by atoms with Gasteiger partial charge in [0.15, 0.2) is 0 Å². The third-order valence-corrected chi connectivity index (χ3v) is 11.3. The van der Waals surface area contributed by atoms with Gasteiger partial charge in [-0.1, -0.05) is 24.3 Å². The van der Waals surface area contributed by atoms with Crippen LogP contribution in [0.5, 0.6) is 11.5 Å². The molecule has 0 bridgehead atoms. The van der Waals surface area contributed by atoms with E-state index in [1.165, 1.54) is 48.5 Å². The Labute approximate surface area is 389 Å². The zero-order chi connectivity index (χ0) is 48.4. The van der Waals surface area contributed by atoms with Gasteiger partial charge in [-0.25, -0.2) is 19.9 Å². The molecule has 20 heteroatoms. The second-order valence-electron chi connectivity index (χ2n) is 16.5. The van der Waals surface area contributed by atoms with Crippen molar-refractivity contribution in [2.75, 3.05) is 79.8 Å². The van der Waals surface area contributed by atoms with Crippen LogP contribution in [0.15, 0.2) is 84.9 Å². The van der Waals surface area contributed by atoms with Gasteiger partial charge >= 0.3 is 12.7 Å². The Bertz CT molecular complexity index is 2680. The van der Waals surface area contributed by atoms with Gasteiger partial charge in [0.05, 0.1) is 22.4 Å². The molecule has 360 valence electrons. The van der Waals surface area contributed by atoms with Gasteiger partial charge in [-0.2, -0.15) is 0 Å². The molecule has 2 aliphatic heterocycles. The smallest absolute Gasteiger partial charge is 0.406 e. The summed E-state index contributed by atoms with van der Waals surface area (Å²) in [7, 11) is 2.12. The average molecular weight is 947 g/mol. The predicted octanol–water partition coefficient (Wildman–Crippen LogP) is 8.37. The minimum atomic E-state index is -4.73. The standard InChI is InChI=1S/C25H28F3N5O2.C23H24F3N5O2/c1-17-21-16-19(7-10-22(21)31-24(29-17)33-13-3-12-32(2)14-15-33)30-23(34)11-6-18-4-8-20(9-5-18)35-25(26,27)28;1-15-19-14-17(5-8-20(19)30-22(28-15)31-12-10-27-11-13-31)29-21(32)9-4-16-2-6-18(7-3-16)33-23(24,25)26/h4-5,7-10,16H,3,6,11-15H2,1-2H3,(H,30,34);2-3,5-8,14,27H,4,9-13H2,1H3,(H,29,32). The number of piperazine rings is 1. The molecule has 0 spiro atoms. The maximum atomic E-state index is 12.5. The highest BCUT2D eigenvalue weighted by molar-refractivity contribution is 5.95. The van der Waals surface area contributed by atoms with Crippen LogP contribution in [0.3, 0.4) is 0 Å². The number of hydrogen-bond donors (Lipinski definition) is 3.